The number of H-pyrrole nitrogens is 1. The van der Waals surface area contributed by atoms with Crippen LogP contribution in [0.25, 0.3) is 0 Å². The Morgan fingerprint density at radius 1 is 1.53 bits per heavy atom. The molecule has 19 heavy (non-hydrogen) atoms. The van der Waals surface area contributed by atoms with Crippen LogP contribution in [-0.2, 0) is 4.74 Å². The number of aromatic nitrogens is 2. The van der Waals surface area contributed by atoms with E-state index in [4.69, 9.17) is 10.5 Å². The standard InChI is InChI=1S/C13H22N4O2/c1-13(2,3)15-12(18)19-9-5-4-8(6-9)10-7-11(14)17-16-10/h7-9H,4-6H2,1-3H3,(H,15,18)(H3,14,16,17)/t8-,9+/m1/s1. The van der Waals surface area contributed by atoms with Crippen LogP contribution in [0.1, 0.15) is 51.6 Å². The molecular formula is C13H22N4O2. The van der Waals surface area contributed by atoms with Crippen molar-refractivity contribution in [2.45, 2.75) is 57.6 Å². The van der Waals surface area contributed by atoms with Gasteiger partial charge in [-0.1, -0.05) is 0 Å². The summed E-state index contributed by atoms with van der Waals surface area (Å²) in [7, 11) is 0. The third kappa shape index (κ3) is 3.87. The molecule has 0 saturated heterocycles. The number of alkyl carbamates (subject to hydrolysis) is 1. The van der Waals surface area contributed by atoms with Gasteiger partial charge in [0.1, 0.15) is 11.9 Å². The van der Waals surface area contributed by atoms with Gasteiger partial charge < -0.3 is 15.8 Å². The van der Waals surface area contributed by atoms with E-state index in [2.05, 4.69) is 15.5 Å². The van der Waals surface area contributed by atoms with E-state index in [1.165, 1.54) is 0 Å². The zero-order valence-electron chi connectivity index (χ0n) is 11.7. The summed E-state index contributed by atoms with van der Waals surface area (Å²) >= 11 is 0. The highest BCUT2D eigenvalue weighted by Gasteiger charge is 2.30. The first kappa shape index (κ1) is 13.7. The third-order valence-corrected chi connectivity index (χ3v) is 3.19. The molecule has 6 heteroatoms. The zero-order chi connectivity index (χ0) is 14.0. The molecular weight excluding hydrogens is 244 g/mol. The van der Waals surface area contributed by atoms with Gasteiger partial charge in [0, 0.05) is 23.2 Å². The van der Waals surface area contributed by atoms with E-state index in [1.54, 1.807) is 0 Å². The molecule has 1 heterocycles. The van der Waals surface area contributed by atoms with Crippen molar-refractivity contribution < 1.29 is 9.53 Å². The topological polar surface area (TPSA) is 93.0 Å². The molecule has 2 atom stereocenters. The second kappa shape index (κ2) is 5.11. The molecule has 0 radical (unpaired) electrons. The summed E-state index contributed by atoms with van der Waals surface area (Å²) in [5.41, 5.74) is 6.35. The summed E-state index contributed by atoms with van der Waals surface area (Å²) in [6, 6.07) is 1.85. The summed E-state index contributed by atoms with van der Waals surface area (Å²) in [4.78, 5) is 11.7. The molecule has 2 rings (SSSR count). The van der Waals surface area contributed by atoms with Crippen molar-refractivity contribution in [3.8, 4) is 0 Å². The van der Waals surface area contributed by atoms with Gasteiger partial charge in [-0.2, -0.15) is 5.10 Å². The lowest BCUT2D eigenvalue weighted by Gasteiger charge is -2.22. The van der Waals surface area contributed by atoms with Gasteiger partial charge in [-0.15, -0.1) is 0 Å². The lowest BCUT2D eigenvalue weighted by molar-refractivity contribution is 0.0937. The second-order valence-corrected chi connectivity index (χ2v) is 6.16. The van der Waals surface area contributed by atoms with Crippen molar-refractivity contribution in [1.29, 1.82) is 0 Å². The zero-order valence-corrected chi connectivity index (χ0v) is 11.7. The Labute approximate surface area is 113 Å². The minimum Gasteiger partial charge on any atom is -0.446 e. The molecule has 1 fully saturated rings. The second-order valence-electron chi connectivity index (χ2n) is 6.16. The summed E-state index contributed by atoms with van der Waals surface area (Å²) in [6.45, 7) is 5.79. The Morgan fingerprint density at radius 3 is 2.84 bits per heavy atom. The number of nitrogens with zero attached hydrogens (tertiary/aromatic N) is 1. The van der Waals surface area contributed by atoms with Crippen LogP contribution >= 0.6 is 0 Å². The molecule has 106 valence electrons. The number of aromatic amines is 1. The molecule has 0 aromatic carbocycles. The predicted molar refractivity (Wildman–Crippen MR) is 72.7 cm³/mol. The quantitative estimate of drug-likeness (QED) is 0.764. The monoisotopic (exact) mass is 266 g/mol. The van der Waals surface area contributed by atoms with Gasteiger partial charge in [-0.25, -0.2) is 4.79 Å². The molecule has 0 aliphatic heterocycles. The van der Waals surface area contributed by atoms with E-state index in [-0.39, 0.29) is 17.7 Å². The van der Waals surface area contributed by atoms with Crippen LogP contribution in [0.4, 0.5) is 10.6 Å². The molecule has 0 spiro atoms. The van der Waals surface area contributed by atoms with Gasteiger partial charge in [0.15, 0.2) is 0 Å². The van der Waals surface area contributed by atoms with Crippen LogP contribution in [0, 0.1) is 0 Å². The first-order valence-electron chi connectivity index (χ1n) is 6.63. The van der Waals surface area contributed by atoms with Gasteiger partial charge in [0.25, 0.3) is 0 Å². The van der Waals surface area contributed by atoms with E-state index in [1.807, 2.05) is 26.8 Å². The van der Waals surface area contributed by atoms with Crippen molar-refractivity contribution in [3.63, 3.8) is 0 Å². The molecule has 1 saturated carbocycles. The van der Waals surface area contributed by atoms with E-state index in [0.29, 0.717) is 11.7 Å². The smallest absolute Gasteiger partial charge is 0.407 e. The van der Waals surface area contributed by atoms with Crippen LogP contribution in [0.2, 0.25) is 0 Å². The van der Waals surface area contributed by atoms with Gasteiger partial charge >= 0.3 is 6.09 Å². The van der Waals surface area contributed by atoms with Gasteiger partial charge in [-0.3, -0.25) is 5.10 Å². The van der Waals surface area contributed by atoms with Crippen LogP contribution in [0.3, 0.4) is 0 Å². The fourth-order valence-electron chi connectivity index (χ4n) is 2.38. The molecule has 1 aliphatic rings. The number of anilines is 1. The minimum atomic E-state index is -0.345. The maximum absolute atomic E-state index is 11.7. The lowest BCUT2D eigenvalue weighted by Crippen LogP contribution is -2.42. The number of rotatable bonds is 2. The van der Waals surface area contributed by atoms with E-state index < -0.39 is 0 Å². The number of hydrogen-bond donors (Lipinski definition) is 3. The average molecular weight is 266 g/mol. The van der Waals surface area contributed by atoms with Gasteiger partial charge in [0.05, 0.1) is 0 Å². The lowest BCUT2D eigenvalue weighted by atomic mass is 10.0. The summed E-state index contributed by atoms with van der Waals surface area (Å²) < 4.78 is 5.43. The molecule has 1 aromatic rings. The van der Waals surface area contributed by atoms with E-state index >= 15 is 0 Å². The van der Waals surface area contributed by atoms with E-state index in [0.717, 1.165) is 25.0 Å². The fourth-order valence-corrected chi connectivity index (χ4v) is 2.38. The van der Waals surface area contributed by atoms with Gasteiger partial charge in [-0.05, 0) is 40.0 Å². The number of nitrogen functional groups attached to an aromatic ring is 1. The van der Waals surface area contributed by atoms with Gasteiger partial charge in [0.2, 0.25) is 0 Å². The Hall–Kier alpha value is -1.72. The molecule has 0 bridgehead atoms. The Kier molecular flexibility index (Phi) is 3.68. The van der Waals surface area contributed by atoms with Crippen LogP contribution in [0.5, 0.6) is 0 Å². The molecule has 1 aliphatic carbocycles. The molecule has 6 nitrogen and oxygen atoms in total. The average Bonchev–Trinajstić information content (AvgIpc) is 2.83. The van der Waals surface area contributed by atoms with Crippen molar-refractivity contribution in [1.82, 2.24) is 15.5 Å². The maximum atomic E-state index is 11.7. The number of hydrogen-bond acceptors (Lipinski definition) is 4. The normalized spacial score (nSPS) is 23.3. The SMILES string of the molecule is CC(C)(C)NC(=O)O[C@H]1CC[C@@H](c2cc(N)n[nH]2)C1. The number of nitrogens with two attached hydrogens (primary N) is 1. The number of amides is 1. The van der Waals surface area contributed by atoms with E-state index in [9.17, 15) is 4.79 Å². The highest BCUT2D eigenvalue weighted by molar-refractivity contribution is 5.68. The Bertz CT molecular complexity index is 450. The Balaban J connectivity index is 1.84. The van der Waals surface area contributed by atoms with Crippen molar-refractivity contribution >= 4 is 11.9 Å². The highest BCUT2D eigenvalue weighted by atomic mass is 16.6. The third-order valence-electron chi connectivity index (χ3n) is 3.19. The maximum Gasteiger partial charge on any atom is 0.407 e. The number of ether oxygens (including phenoxy) is 1. The first-order chi connectivity index (χ1) is 8.83. The summed E-state index contributed by atoms with van der Waals surface area (Å²) in [6.07, 6.45) is 2.30. The number of carbonyl (C=O) groups is 1. The number of nitrogens with one attached hydrogen (secondary N) is 2. The minimum absolute atomic E-state index is 0.0307. The highest BCUT2D eigenvalue weighted by Crippen LogP contribution is 2.35. The molecule has 4 N–H and O–H groups in total. The van der Waals surface area contributed by atoms with Crippen LogP contribution in [0.15, 0.2) is 6.07 Å². The predicted octanol–water partition coefficient (Wildman–Crippen LogP) is 2.15. The Morgan fingerprint density at radius 2 is 2.26 bits per heavy atom. The van der Waals surface area contributed by atoms with Crippen molar-refractivity contribution in [3.05, 3.63) is 11.8 Å². The molecule has 0 unspecified atom stereocenters. The van der Waals surface area contributed by atoms with Crippen molar-refractivity contribution in [2.24, 2.45) is 0 Å². The van der Waals surface area contributed by atoms with Crippen molar-refractivity contribution in [2.75, 3.05) is 5.73 Å². The van der Waals surface area contributed by atoms with Crippen LogP contribution in [-0.4, -0.2) is 27.9 Å². The molecule has 1 aromatic heterocycles. The number of carbonyl (C=O) groups excluding carboxylic acids is 1. The largest absolute Gasteiger partial charge is 0.446 e. The van der Waals surface area contributed by atoms with Crippen LogP contribution < -0.4 is 11.1 Å². The molecule has 1 amide bonds. The fraction of sp³-hybridized carbons (Fsp3) is 0.692. The first-order valence-corrected chi connectivity index (χ1v) is 6.63. The summed E-state index contributed by atoms with van der Waals surface area (Å²) in [5, 5.41) is 9.66. The summed E-state index contributed by atoms with van der Waals surface area (Å²) in [5.74, 6) is 0.849.